The van der Waals surface area contributed by atoms with Crippen LogP contribution < -0.4 is 5.32 Å². The number of piperazine rings is 1. The summed E-state index contributed by atoms with van der Waals surface area (Å²) >= 11 is 0. The van der Waals surface area contributed by atoms with Crippen molar-refractivity contribution in [3.63, 3.8) is 0 Å². The van der Waals surface area contributed by atoms with Gasteiger partial charge in [-0.3, -0.25) is 9.59 Å². The maximum atomic E-state index is 13.0. The van der Waals surface area contributed by atoms with Gasteiger partial charge in [0.25, 0.3) is 0 Å². The second-order valence-corrected chi connectivity index (χ2v) is 6.93. The second kappa shape index (κ2) is 5.82. The topological polar surface area (TPSA) is 49.4 Å². The van der Waals surface area contributed by atoms with Gasteiger partial charge in [-0.25, -0.2) is 0 Å². The van der Waals surface area contributed by atoms with Crippen LogP contribution in [0, 0.1) is 0 Å². The Labute approximate surface area is 128 Å². The summed E-state index contributed by atoms with van der Waals surface area (Å²) < 4.78 is 0. The first-order valence-corrected chi connectivity index (χ1v) is 8.14. The molecule has 1 aliphatic carbocycles. The molecule has 2 rings (SSSR count). The van der Waals surface area contributed by atoms with Crippen LogP contribution in [0.25, 0.3) is 0 Å². The lowest BCUT2D eigenvalue weighted by molar-refractivity contribution is -0.164. The molecule has 2 aliphatic rings. The third kappa shape index (κ3) is 2.72. The first-order valence-electron chi connectivity index (χ1n) is 8.14. The summed E-state index contributed by atoms with van der Waals surface area (Å²) in [5.74, 6) is 0.123. The normalized spacial score (nSPS) is 28.5. The largest absolute Gasteiger partial charge is 0.340 e. The van der Waals surface area contributed by atoms with E-state index in [0.29, 0.717) is 13.0 Å². The number of hydrogen-bond acceptors (Lipinski definition) is 2. The molecule has 1 saturated carbocycles. The highest BCUT2D eigenvalue weighted by atomic mass is 16.2. The van der Waals surface area contributed by atoms with E-state index in [1.165, 1.54) is 5.57 Å². The van der Waals surface area contributed by atoms with Gasteiger partial charge in [-0.1, -0.05) is 37.8 Å². The van der Waals surface area contributed by atoms with Gasteiger partial charge in [0.2, 0.25) is 11.8 Å². The van der Waals surface area contributed by atoms with Crippen molar-refractivity contribution in [2.24, 2.45) is 0 Å². The fourth-order valence-electron chi connectivity index (χ4n) is 3.44. The lowest BCUT2D eigenvalue weighted by atomic mass is 9.75. The van der Waals surface area contributed by atoms with Crippen LogP contribution in [0.1, 0.15) is 66.2 Å². The Morgan fingerprint density at radius 1 is 1.24 bits per heavy atom. The van der Waals surface area contributed by atoms with Gasteiger partial charge in [0.1, 0.15) is 11.1 Å². The zero-order valence-corrected chi connectivity index (χ0v) is 13.8. The predicted octanol–water partition coefficient (Wildman–Crippen LogP) is 2.78. The molecule has 0 aromatic carbocycles. The van der Waals surface area contributed by atoms with Crippen LogP contribution in [0.5, 0.6) is 0 Å². The molecule has 1 aliphatic heterocycles. The van der Waals surface area contributed by atoms with Crippen LogP contribution in [0.15, 0.2) is 11.6 Å². The van der Waals surface area contributed by atoms with Crippen LogP contribution in [0.3, 0.4) is 0 Å². The molecule has 2 amide bonds. The van der Waals surface area contributed by atoms with E-state index in [0.717, 1.165) is 32.1 Å². The van der Waals surface area contributed by atoms with E-state index in [-0.39, 0.29) is 11.8 Å². The van der Waals surface area contributed by atoms with Gasteiger partial charge in [0, 0.05) is 6.54 Å². The average molecular weight is 292 g/mol. The molecule has 1 N–H and O–H groups in total. The van der Waals surface area contributed by atoms with Crippen LogP contribution in [-0.2, 0) is 9.59 Å². The molecule has 118 valence electrons. The van der Waals surface area contributed by atoms with Crippen molar-refractivity contribution < 1.29 is 9.59 Å². The van der Waals surface area contributed by atoms with Gasteiger partial charge in [-0.2, -0.15) is 0 Å². The molecule has 0 aromatic heterocycles. The minimum atomic E-state index is -0.755. The third-order valence-electron chi connectivity index (χ3n) is 5.12. The fourth-order valence-corrected chi connectivity index (χ4v) is 3.44. The number of nitrogens with zero attached hydrogens (tertiary/aromatic N) is 1. The zero-order chi connectivity index (χ0) is 15.7. The number of allylic oxidation sites excluding steroid dienone is 1. The number of rotatable bonds is 3. The second-order valence-electron chi connectivity index (χ2n) is 6.93. The monoisotopic (exact) mass is 292 g/mol. The van der Waals surface area contributed by atoms with E-state index in [1.807, 2.05) is 32.6 Å². The van der Waals surface area contributed by atoms with Crippen molar-refractivity contribution in [3.8, 4) is 0 Å². The summed E-state index contributed by atoms with van der Waals surface area (Å²) in [7, 11) is 0. The highest BCUT2D eigenvalue weighted by molar-refractivity contribution is 6.02. The molecule has 0 radical (unpaired) electrons. The van der Waals surface area contributed by atoms with E-state index in [9.17, 15) is 9.59 Å². The fraction of sp³-hybridized carbons (Fsp3) is 0.765. The average Bonchev–Trinajstić information content (AvgIpc) is 2.46. The first-order chi connectivity index (χ1) is 9.85. The Hall–Kier alpha value is -1.32. The number of hydrogen-bond donors (Lipinski definition) is 1. The Balaban J connectivity index is 2.39. The first kappa shape index (κ1) is 16.1. The van der Waals surface area contributed by atoms with Crippen LogP contribution >= 0.6 is 0 Å². The molecule has 1 heterocycles. The quantitative estimate of drug-likeness (QED) is 0.813. The van der Waals surface area contributed by atoms with Crippen molar-refractivity contribution in [2.45, 2.75) is 77.3 Å². The van der Waals surface area contributed by atoms with Crippen LogP contribution in [0.4, 0.5) is 0 Å². The summed E-state index contributed by atoms with van der Waals surface area (Å²) in [6.07, 6.45) is 7.47. The molecule has 0 aromatic rings. The lowest BCUT2D eigenvalue weighted by Crippen LogP contribution is -2.75. The molecule has 21 heavy (non-hydrogen) atoms. The molecular formula is C17H28N2O2. The number of carbonyl (C=O) groups is 2. The smallest absolute Gasteiger partial charge is 0.249 e. The van der Waals surface area contributed by atoms with Gasteiger partial charge < -0.3 is 10.2 Å². The van der Waals surface area contributed by atoms with Gasteiger partial charge in [0.15, 0.2) is 0 Å². The van der Waals surface area contributed by atoms with Crippen molar-refractivity contribution in [3.05, 3.63) is 11.6 Å². The SMILES string of the molecule is CCC1(C)NC(=O)C2(CCCCC2)N(CC=C(C)C)C1=O. The molecule has 4 heteroatoms. The molecule has 2 fully saturated rings. The maximum Gasteiger partial charge on any atom is 0.249 e. The van der Waals surface area contributed by atoms with Gasteiger partial charge in [-0.05, 0) is 40.0 Å². The number of carbonyl (C=O) groups excluding carboxylic acids is 2. The minimum absolute atomic E-state index is 0.0494. The highest BCUT2D eigenvalue weighted by Gasteiger charge is 2.55. The summed E-state index contributed by atoms with van der Waals surface area (Å²) in [5.41, 5.74) is -0.191. The van der Waals surface area contributed by atoms with E-state index in [2.05, 4.69) is 11.4 Å². The minimum Gasteiger partial charge on any atom is -0.340 e. The van der Waals surface area contributed by atoms with E-state index in [4.69, 9.17) is 0 Å². The Morgan fingerprint density at radius 3 is 2.38 bits per heavy atom. The summed E-state index contributed by atoms with van der Waals surface area (Å²) in [6, 6.07) is 0. The molecule has 4 nitrogen and oxygen atoms in total. The van der Waals surface area contributed by atoms with Gasteiger partial charge >= 0.3 is 0 Å². The standard InChI is InChI=1S/C17H28N2O2/c1-5-16(4)15(21)19(12-9-13(2)3)17(14(20)18-16)10-7-6-8-11-17/h9H,5-8,10-12H2,1-4H3,(H,18,20). The summed E-state index contributed by atoms with van der Waals surface area (Å²) in [5, 5.41) is 3.02. The summed E-state index contributed by atoms with van der Waals surface area (Å²) in [6.45, 7) is 8.40. The highest BCUT2D eigenvalue weighted by Crippen LogP contribution is 2.39. The Kier molecular flexibility index (Phi) is 4.45. The van der Waals surface area contributed by atoms with Gasteiger partial charge in [0.05, 0.1) is 0 Å². The third-order valence-corrected chi connectivity index (χ3v) is 5.12. The van der Waals surface area contributed by atoms with Crippen molar-refractivity contribution in [1.29, 1.82) is 0 Å². The number of nitrogens with one attached hydrogen (secondary N) is 1. The molecule has 1 saturated heterocycles. The van der Waals surface area contributed by atoms with Crippen LogP contribution in [-0.4, -0.2) is 34.3 Å². The lowest BCUT2D eigenvalue weighted by Gasteiger charge is -2.52. The Morgan fingerprint density at radius 2 is 1.86 bits per heavy atom. The maximum absolute atomic E-state index is 13.0. The van der Waals surface area contributed by atoms with E-state index in [1.54, 1.807) is 0 Å². The molecule has 1 atom stereocenters. The Bertz CT molecular complexity index is 459. The molecule has 0 bridgehead atoms. The molecule has 1 unspecified atom stereocenters. The molecular weight excluding hydrogens is 264 g/mol. The molecule has 1 spiro atoms. The van der Waals surface area contributed by atoms with Crippen molar-refractivity contribution >= 4 is 11.8 Å². The zero-order valence-electron chi connectivity index (χ0n) is 13.8. The predicted molar refractivity (Wildman–Crippen MR) is 83.8 cm³/mol. The van der Waals surface area contributed by atoms with Gasteiger partial charge in [-0.15, -0.1) is 0 Å². The number of amides is 2. The van der Waals surface area contributed by atoms with E-state index >= 15 is 0 Å². The van der Waals surface area contributed by atoms with Crippen molar-refractivity contribution in [1.82, 2.24) is 10.2 Å². The summed E-state index contributed by atoms with van der Waals surface area (Å²) in [4.78, 5) is 27.7. The van der Waals surface area contributed by atoms with E-state index < -0.39 is 11.1 Å². The van der Waals surface area contributed by atoms with Crippen LogP contribution in [0.2, 0.25) is 0 Å². The van der Waals surface area contributed by atoms with Crippen molar-refractivity contribution in [2.75, 3.05) is 6.54 Å².